The first-order valence-electron chi connectivity index (χ1n) is 2.82. The maximum atomic E-state index is 8.36. The van der Waals surface area contributed by atoms with Gasteiger partial charge in [-0.2, -0.15) is 0 Å². The van der Waals surface area contributed by atoms with Crippen LogP contribution in [0.1, 0.15) is 0 Å². The summed E-state index contributed by atoms with van der Waals surface area (Å²) >= 11 is 0. The lowest BCUT2D eigenvalue weighted by molar-refractivity contribution is -0.122. The van der Waals surface area contributed by atoms with E-state index in [1.165, 1.54) is 13.1 Å². The predicted octanol–water partition coefficient (Wildman–Crippen LogP) is -0.641. The van der Waals surface area contributed by atoms with Crippen LogP contribution in [0.25, 0.3) is 0 Å². The molecule has 2 heterocycles. The van der Waals surface area contributed by atoms with Crippen molar-refractivity contribution in [2.45, 2.75) is 6.23 Å². The molecule has 1 N–H and O–H groups in total. The van der Waals surface area contributed by atoms with Crippen molar-refractivity contribution in [3.8, 4) is 0 Å². The summed E-state index contributed by atoms with van der Waals surface area (Å²) in [6, 6.07) is 0. The van der Waals surface area contributed by atoms with Crippen molar-refractivity contribution in [2.75, 3.05) is 19.7 Å². The third-order valence-electron chi connectivity index (χ3n) is 1.35. The lowest BCUT2D eigenvalue weighted by Crippen LogP contribution is -1.96. The van der Waals surface area contributed by atoms with E-state index in [-0.39, 0.29) is 6.47 Å². The maximum Gasteiger partial charge on any atom is 0.290 e. The summed E-state index contributed by atoms with van der Waals surface area (Å²) in [7, 11) is 0. The molecule has 2 aliphatic rings. The van der Waals surface area contributed by atoms with Crippen LogP contribution in [-0.4, -0.2) is 42.4 Å². The molecule has 2 unspecified atom stereocenters. The molecule has 4 heteroatoms. The molecule has 0 aromatic rings. The third-order valence-corrected chi connectivity index (χ3v) is 1.35. The summed E-state index contributed by atoms with van der Waals surface area (Å²) in [5, 5.41) is 6.89. The van der Waals surface area contributed by atoms with E-state index in [4.69, 9.17) is 14.6 Å². The molecule has 0 aromatic heterocycles. The largest absolute Gasteiger partial charge is 0.483 e. The first-order chi connectivity index (χ1) is 4.38. The third kappa shape index (κ3) is 1.65. The lowest BCUT2D eigenvalue weighted by atomic mass is 10.7. The molecule has 0 radical (unpaired) electrons. The van der Waals surface area contributed by atoms with Crippen LogP contribution in [0, 0.1) is 0 Å². The average Bonchev–Trinajstić information content (AvgIpc) is 2.43. The van der Waals surface area contributed by atoms with Crippen LogP contribution in [0.2, 0.25) is 0 Å². The molecule has 2 fully saturated rings. The highest BCUT2D eigenvalue weighted by atomic mass is 16.5. The first kappa shape index (κ1) is 6.51. The number of nitrogens with zero attached hydrogens (tertiary/aromatic N) is 1. The minimum atomic E-state index is -0.250. The number of hydrogen-bond donors (Lipinski definition) is 1. The van der Waals surface area contributed by atoms with E-state index in [1.807, 2.05) is 0 Å². The van der Waals surface area contributed by atoms with Crippen molar-refractivity contribution in [1.82, 2.24) is 4.90 Å². The quantitative estimate of drug-likeness (QED) is 0.351. The Morgan fingerprint density at radius 1 is 1.78 bits per heavy atom. The summed E-state index contributed by atoms with van der Waals surface area (Å²) < 4.78 is 5.15. The van der Waals surface area contributed by atoms with E-state index in [0.717, 1.165) is 6.61 Å². The second kappa shape index (κ2) is 2.80. The van der Waals surface area contributed by atoms with Crippen molar-refractivity contribution in [3.63, 3.8) is 0 Å². The Labute approximate surface area is 53.0 Å². The number of rotatable bonds is 0. The molecule has 0 aromatic carbocycles. The van der Waals surface area contributed by atoms with Crippen LogP contribution in [0.4, 0.5) is 0 Å². The van der Waals surface area contributed by atoms with E-state index in [1.54, 1.807) is 0 Å². The Balaban J connectivity index is 0.000000120. The zero-order chi connectivity index (χ0) is 6.69. The monoisotopic (exact) mass is 131 g/mol. The number of ether oxygens (including phenoxy) is 1. The Kier molecular flexibility index (Phi) is 2.02. The van der Waals surface area contributed by atoms with Gasteiger partial charge < -0.3 is 9.84 Å². The van der Waals surface area contributed by atoms with Gasteiger partial charge in [0, 0.05) is 13.1 Å². The molecule has 2 atom stereocenters. The smallest absolute Gasteiger partial charge is 0.290 e. The second-order valence-corrected chi connectivity index (χ2v) is 1.93. The van der Waals surface area contributed by atoms with Crippen LogP contribution in [0.5, 0.6) is 0 Å². The summed E-state index contributed by atoms with van der Waals surface area (Å²) in [6.07, 6.45) is 0.546. The van der Waals surface area contributed by atoms with Gasteiger partial charge in [-0.3, -0.25) is 9.69 Å². The molecule has 52 valence electrons. The first-order valence-corrected chi connectivity index (χ1v) is 2.82. The zero-order valence-corrected chi connectivity index (χ0v) is 4.99. The van der Waals surface area contributed by atoms with Gasteiger partial charge >= 0.3 is 0 Å². The van der Waals surface area contributed by atoms with Crippen molar-refractivity contribution < 1.29 is 14.6 Å². The van der Waals surface area contributed by atoms with Crippen molar-refractivity contribution in [3.05, 3.63) is 0 Å². The molecular weight excluding hydrogens is 122 g/mol. The molecule has 0 saturated carbocycles. The fourth-order valence-corrected chi connectivity index (χ4v) is 0.853. The van der Waals surface area contributed by atoms with Crippen LogP contribution in [0.3, 0.4) is 0 Å². The zero-order valence-electron chi connectivity index (χ0n) is 4.99. The minimum absolute atomic E-state index is 0.250. The molecule has 0 bridgehead atoms. The number of morpholine rings is 1. The van der Waals surface area contributed by atoms with Crippen molar-refractivity contribution in [2.24, 2.45) is 0 Å². The van der Waals surface area contributed by atoms with Gasteiger partial charge in [-0.15, -0.1) is 0 Å². The van der Waals surface area contributed by atoms with E-state index in [9.17, 15) is 0 Å². The highest BCUT2D eigenvalue weighted by Crippen LogP contribution is 2.22. The number of hydrogen-bond acceptors (Lipinski definition) is 3. The summed E-state index contributed by atoms with van der Waals surface area (Å²) in [5.74, 6) is 0. The van der Waals surface area contributed by atoms with Gasteiger partial charge in [-0.05, 0) is 0 Å². The van der Waals surface area contributed by atoms with Crippen LogP contribution in [0.15, 0.2) is 0 Å². The molecule has 2 saturated heterocycles. The molecule has 9 heavy (non-hydrogen) atoms. The number of carbonyl (C=O) groups is 1. The van der Waals surface area contributed by atoms with Crippen molar-refractivity contribution >= 4 is 6.47 Å². The van der Waals surface area contributed by atoms with E-state index >= 15 is 0 Å². The number of carboxylic acid groups (broad SMARTS) is 1. The Morgan fingerprint density at radius 3 is 2.56 bits per heavy atom. The van der Waals surface area contributed by atoms with Gasteiger partial charge in [0.15, 0.2) is 0 Å². The van der Waals surface area contributed by atoms with Gasteiger partial charge in [0.1, 0.15) is 6.23 Å². The average molecular weight is 131 g/mol. The van der Waals surface area contributed by atoms with Gasteiger partial charge in [0.05, 0.1) is 6.61 Å². The topological polar surface area (TPSA) is 49.5 Å². The van der Waals surface area contributed by atoms with Gasteiger partial charge in [-0.25, -0.2) is 0 Å². The Bertz CT molecular complexity index is 98.4. The highest BCUT2D eigenvalue weighted by Gasteiger charge is 2.39. The molecule has 0 aliphatic carbocycles. The predicted molar refractivity (Wildman–Crippen MR) is 30.0 cm³/mol. The van der Waals surface area contributed by atoms with Gasteiger partial charge in [-0.1, -0.05) is 0 Å². The molecule has 4 nitrogen and oxygen atoms in total. The van der Waals surface area contributed by atoms with E-state index in [2.05, 4.69) is 4.90 Å². The number of fused-ring (bicyclic) bond motifs is 1. The molecular formula is C5H9NO3. The normalized spacial score (nSPS) is 36.0. The van der Waals surface area contributed by atoms with Gasteiger partial charge in [0.25, 0.3) is 6.47 Å². The minimum Gasteiger partial charge on any atom is -0.483 e. The Morgan fingerprint density at radius 2 is 2.44 bits per heavy atom. The molecule has 0 spiro atoms. The lowest BCUT2D eigenvalue weighted by Gasteiger charge is -1.83. The van der Waals surface area contributed by atoms with Crippen LogP contribution >= 0.6 is 0 Å². The highest BCUT2D eigenvalue weighted by molar-refractivity contribution is 5.32. The Hall–Kier alpha value is -0.610. The molecule has 0 amide bonds. The van der Waals surface area contributed by atoms with Crippen molar-refractivity contribution in [1.29, 1.82) is 0 Å². The SMILES string of the molecule is C1CN2CC2O1.O=CO. The summed E-state index contributed by atoms with van der Waals surface area (Å²) in [5.41, 5.74) is 0. The van der Waals surface area contributed by atoms with Gasteiger partial charge in [0.2, 0.25) is 0 Å². The van der Waals surface area contributed by atoms with Crippen LogP contribution < -0.4 is 0 Å². The summed E-state index contributed by atoms with van der Waals surface area (Å²) in [6.45, 7) is 3.08. The summed E-state index contributed by atoms with van der Waals surface area (Å²) in [4.78, 5) is 10.7. The fourth-order valence-electron chi connectivity index (χ4n) is 0.853. The maximum absolute atomic E-state index is 8.36. The standard InChI is InChI=1S/C4H7NO.CH2O2/c1-2-6-4-3-5(1)4;2-1-3/h4H,1-3H2;1H,(H,2,3). The second-order valence-electron chi connectivity index (χ2n) is 1.93. The fraction of sp³-hybridized carbons (Fsp3) is 0.800. The van der Waals surface area contributed by atoms with E-state index in [0.29, 0.717) is 6.23 Å². The molecule has 2 rings (SSSR count). The molecule has 2 aliphatic heterocycles. The van der Waals surface area contributed by atoms with Crippen LogP contribution in [-0.2, 0) is 9.53 Å². The van der Waals surface area contributed by atoms with E-state index < -0.39 is 0 Å².